The molecule has 0 aromatic heterocycles. The standard InChI is InChI=1S/C23H15Br/c24-19-9-11-23-18(14-19)13-17-12-16(8-10-22(17)23)21-7-3-5-15-4-1-2-6-20(15)21/h1-12,14H,13H2. The molecule has 0 saturated heterocycles. The van der Waals surface area contributed by atoms with Gasteiger partial charge in [-0.05, 0) is 62.7 Å². The van der Waals surface area contributed by atoms with Gasteiger partial charge in [0.2, 0.25) is 0 Å². The summed E-state index contributed by atoms with van der Waals surface area (Å²) in [6, 6.07) is 28.7. The minimum Gasteiger partial charge on any atom is -0.0616 e. The average molecular weight is 371 g/mol. The van der Waals surface area contributed by atoms with E-state index in [4.69, 9.17) is 0 Å². The molecule has 0 amide bonds. The van der Waals surface area contributed by atoms with Crippen LogP contribution in [0.5, 0.6) is 0 Å². The first-order chi connectivity index (χ1) is 11.8. The van der Waals surface area contributed by atoms with Gasteiger partial charge in [-0.25, -0.2) is 0 Å². The van der Waals surface area contributed by atoms with Crippen molar-refractivity contribution in [2.24, 2.45) is 0 Å². The van der Waals surface area contributed by atoms with E-state index in [1.807, 2.05) is 0 Å². The van der Waals surface area contributed by atoms with E-state index in [1.165, 1.54) is 44.2 Å². The molecule has 1 heteroatoms. The first kappa shape index (κ1) is 14.0. The summed E-state index contributed by atoms with van der Waals surface area (Å²) in [4.78, 5) is 0. The zero-order chi connectivity index (χ0) is 16.1. The molecule has 5 rings (SSSR count). The Bertz CT molecular complexity index is 1090. The number of benzene rings is 4. The van der Waals surface area contributed by atoms with Crippen LogP contribution in [0.2, 0.25) is 0 Å². The molecule has 0 unspecified atom stereocenters. The van der Waals surface area contributed by atoms with Crippen molar-refractivity contribution < 1.29 is 0 Å². The molecule has 0 aliphatic heterocycles. The average Bonchev–Trinajstić information content (AvgIpc) is 2.97. The van der Waals surface area contributed by atoms with Crippen LogP contribution in [0.1, 0.15) is 11.1 Å². The summed E-state index contributed by atoms with van der Waals surface area (Å²) in [6.07, 6.45) is 1.02. The summed E-state index contributed by atoms with van der Waals surface area (Å²) in [7, 11) is 0. The minimum atomic E-state index is 1.02. The number of hydrogen-bond acceptors (Lipinski definition) is 0. The Morgan fingerprint density at radius 2 is 1.38 bits per heavy atom. The minimum absolute atomic E-state index is 1.02. The quantitative estimate of drug-likeness (QED) is 0.303. The molecule has 0 heterocycles. The van der Waals surface area contributed by atoms with Crippen molar-refractivity contribution in [3.63, 3.8) is 0 Å². The maximum Gasteiger partial charge on any atom is 0.0178 e. The molecule has 114 valence electrons. The van der Waals surface area contributed by atoms with Crippen molar-refractivity contribution >= 4 is 26.7 Å². The van der Waals surface area contributed by atoms with E-state index in [9.17, 15) is 0 Å². The Kier molecular flexibility index (Phi) is 3.11. The summed E-state index contributed by atoms with van der Waals surface area (Å²) in [5.74, 6) is 0. The summed E-state index contributed by atoms with van der Waals surface area (Å²) in [5.41, 5.74) is 8.20. The van der Waals surface area contributed by atoms with Crippen molar-refractivity contribution in [3.8, 4) is 22.3 Å². The van der Waals surface area contributed by atoms with Gasteiger partial charge in [0.15, 0.2) is 0 Å². The van der Waals surface area contributed by atoms with Gasteiger partial charge in [-0.1, -0.05) is 82.7 Å². The topological polar surface area (TPSA) is 0 Å². The molecule has 0 radical (unpaired) electrons. The smallest absolute Gasteiger partial charge is 0.0178 e. The maximum absolute atomic E-state index is 3.59. The highest BCUT2D eigenvalue weighted by Crippen LogP contribution is 2.40. The summed E-state index contributed by atoms with van der Waals surface area (Å²) >= 11 is 3.59. The van der Waals surface area contributed by atoms with Crippen molar-refractivity contribution in [3.05, 3.63) is 94.5 Å². The van der Waals surface area contributed by atoms with Gasteiger partial charge in [0, 0.05) is 4.47 Å². The van der Waals surface area contributed by atoms with E-state index in [0.717, 1.165) is 10.9 Å². The lowest BCUT2D eigenvalue weighted by Crippen LogP contribution is -1.85. The molecular weight excluding hydrogens is 356 g/mol. The van der Waals surface area contributed by atoms with Gasteiger partial charge in [-0.2, -0.15) is 0 Å². The van der Waals surface area contributed by atoms with Gasteiger partial charge in [0.05, 0.1) is 0 Å². The highest BCUT2D eigenvalue weighted by atomic mass is 79.9. The SMILES string of the molecule is Brc1ccc2c(c1)Cc1cc(-c3cccc4ccccc34)ccc1-2. The van der Waals surface area contributed by atoms with Crippen LogP contribution in [0.3, 0.4) is 0 Å². The fourth-order valence-electron chi connectivity index (χ4n) is 3.82. The van der Waals surface area contributed by atoms with Crippen molar-refractivity contribution in [1.82, 2.24) is 0 Å². The Morgan fingerprint density at radius 1 is 0.625 bits per heavy atom. The monoisotopic (exact) mass is 370 g/mol. The van der Waals surface area contributed by atoms with Gasteiger partial charge >= 0.3 is 0 Å². The molecule has 0 bridgehead atoms. The normalized spacial score (nSPS) is 12.2. The molecule has 0 saturated carbocycles. The van der Waals surface area contributed by atoms with E-state index in [1.54, 1.807) is 0 Å². The molecule has 4 aromatic rings. The Hall–Kier alpha value is -2.38. The predicted molar refractivity (Wildman–Crippen MR) is 105 cm³/mol. The van der Waals surface area contributed by atoms with Gasteiger partial charge in [-0.15, -0.1) is 0 Å². The van der Waals surface area contributed by atoms with Crippen LogP contribution >= 0.6 is 15.9 Å². The second-order valence-corrected chi connectivity index (χ2v) is 7.29. The zero-order valence-corrected chi connectivity index (χ0v) is 14.7. The van der Waals surface area contributed by atoms with Crippen molar-refractivity contribution in [2.45, 2.75) is 6.42 Å². The van der Waals surface area contributed by atoms with Crippen LogP contribution in [0.15, 0.2) is 83.3 Å². The van der Waals surface area contributed by atoms with Crippen LogP contribution in [0, 0.1) is 0 Å². The molecule has 24 heavy (non-hydrogen) atoms. The molecule has 0 fully saturated rings. The number of fused-ring (bicyclic) bond motifs is 4. The third-order valence-corrected chi connectivity index (χ3v) is 5.44. The Labute approximate surface area is 149 Å². The largest absolute Gasteiger partial charge is 0.0616 e. The van der Waals surface area contributed by atoms with Crippen molar-refractivity contribution in [1.29, 1.82) is 0 Å². The number of halogens is 1. The van der Waals surface area contributed by atoms with E-state index in [0.29, 0.717) is 0 Å². The van der Waals surface area contributed by atoms with Gasteiger partial charge < -0.3 is 0 Å². The molecule has 0 nitrogen and oxygen atoms in total. The summed E-state index contributed by atoms with van der Waals surface area (Å²) in [5, 5.41) is 2.61. The molecule has 4 aromatic carbocycles. The van der Waals surface area contributed by atoms with Gasteiger partial charge in [0.25, 0.3) is 0 Å². The maximum atomic E-state index is 3.59. The second-order valence-electron chi connectivity index (χ2n) is 6.38. The van der Waals surface area contributed by atoms with Crippen LogP contribution < -0.4 is 0 Å². The van der Waals surface area contributed by atoms with Gasteiger partial charge in [-0.3, -0.25) is 0 Å². The van der Waals surface area contributed by atoms with E-state index < -0.39 is 0 Å². The highest BCUT2D eigenvalue weighted by Gasteiger charge is 2.19. The Balaban J connectivity index is 1.68. The lowest BCUT2D eigenvalue weighted by molar-refractivity contribution is 1.26. The third kappa shape index (κ3) is 2.12. The van der Waals surface area contributed by atoms with Gasteiger partial charge in [0.1, 0.15) is 0 Å². The first-order valence-electron chi connectivity index (χ1n) is 8.19. The molecular formula is C23H15Br. The first-order valence-corrected chi connectivity index (χ1v) is 8.99. The lowest BCUT2D eigenvalue weighted by atomic mass is 9.95. The third-order valence-electron chi connectivity index (χ3n) is 4.94. The van der Waals surface area contributed by atoms with E-state index >= 15 is 0 Å². The molecule has 1 aliphatic carbocycles. The lowest BCUT2D eigenvalue weighted by Gasteiger charge is -2.09. The van der Waals surface area contributed by atoms with E-state index in [2.05, 4.69) is 94.8 Å². The fourth-order valence-corrected chi connectivity index (χ4v) is 4.23. The fraction of sp³-hybridized carbons (Fsp3) is 0.0435. The molecule has 0 atom stereocenters. The zero-order valence-electron chi connectivity index (χ0n) is 13.1. The molecule has 1 aliphatic rings. The van der Waals surface area contributed by atoms with Crippen LogP contribution in [-0.4, -0.2) is 0 Å². The summed E-state index contributed by atoms with van der Waals surface area (Å²) < 4.78 is 1.16. The second kappa shape index (κ2) is 5.32. The summed E-state index contributed by atoms with van der Waals surface area (Å²) in [6.45, 7) is 0. The van der Waals surface area contributed by atoms with Crippen molar-refractivity contribution in [2.75, 3.05) is 0 Å². The molecule has 0 spiro atoms. The highest BCUT2D eigenvalue weighted by molar-refractivity contribution is 9.10. The van der Waals surface area contributed by atoms with Crippen LogP contribution in [0.4, 0.5) is 0 Å². The number of rotatable bonds is 1. The molecule has 0 N–H and O–H groups in total. The predicted octanol–water partition coefficient (Wildman–Crippen LogP) is 6.84. The van der Waals surface area contributed by atoms with Crippen LogP contribution in [0.25, 0.3) is 33.0 Å². The Morgan fingerprint density at radius 3 is 2.29 bits per heavy atom. The number of hydrogen-bond donors (Lipinski definition) is 0. The van der Waals surface area contributed by atoms with E-state index in [-0.39, 0.29) is 0 Å². The van der Waals surface area contributed by atoms with Crippen LogP contribution in [-0.2, 0) is 6.42 Å².